The molecule has 0 saturated carbocycles. The summed E-state index contributed by atoms with van der Waals surface area (Å²) in [5, 5.41) is 5.67. The quantitative estimate of drug-likeness (QED) is 0.726. The lowest BCUT2D eigenvalue weighted by Gasteiger charge is -2.36. The first kappa shape index (κ1) is 16.1. The third-order valence-electron chi connectivity index (χ3n) is 5.21. The van der Waals surface area contributed by atoms with Crippen LogP contribution in [0.2, 0.25) is 0 Å². The number of benzene rings is 2. The molecule has 0 spiro atoms. The molecule has 3 aliphatic heterocycles. The maximum Gasteiger partial charge on any atom is 0.133 e. The molecular weight excluding hydrogens is 343 g/mol. The molecular formula is C20H21FN6. The van der Waals surface area contributed by atoms with E-state index >= 15 is 0 Å². The predicted octanol–water partition coefficient (Wildman–Crippen LogP) is 0.193. The van der Waals surface area contributed by atoms with Crippen LogP contribution in [-0.4, -0.2) is 43.5 Å². The molecule has 0 amide bonds. The minimum atomic E-state index is -0.192. The Morgan fingerprint density at radius 2 is 1.81 bits per heavy atom. The summed E-state index contributed by atoms with van der Waals surface area (Å²) >= 11 is 0. The van der Waals surface area contributed by atoms with Gasteiger partial charge in [-0.25, -0.2) is 9.38 Å². The summed E-state index contributed by atoms with van der Waals surface area (Å²) in [6.45, 7) is 4.51. The van der Waals surface area contributed by atoms with Gasteiger partial charge >= 0.3 is 0 Å². The van der Waals surface area contributed by atoms with Gasteiger partial charge in [-0.1, -0.05) is 12.1 Å². The van der Waals surface area contributed by atoms with E-state index in [9.17, 15) is 4.39 Å². The van der Waals surface area contributed by atoms with Gasteiger partial charge in [0.25, 0.3) is 0 Å². The standard InChI is InChI=1S/C20H21FN6/c21-15-4-6-16(7-5-15)27-10-8-26(9-11-27)13-18-23-17-3-1-2-14-12-22-25-20(24-18)19(14)17/h1-7,12,22,25H,8-11,13H2,(H,23,24). The molecule has 0 bridgehead atoms. The average molecular weight is 364 g/mol. The van der Waals surface area contributed by atoms with E-state index in [0.717, 1.165) is 66.2 Å². The average Bonchev–Trinajstić information content (AvgIpc) is 2.70. The van der Waals surface area contributed by atoms with E-state index in [4.69, 9.17) is 4.99 Å². The zero-order valence-electron chi connectivity index (χ0n) is 14.9. The highest BCUT2D eigenvalue weighted by molar-refractivity contribution is 5.93. The van der Waals surface area contributed by atoms with Crippen LogP contribution in [0, 0.1) is 5.82 Å². The molecule has 1 saturated heterocycles. The molecule has 138 valence electrons. The summed E-state index contributed by atoms with van der Waals surface area (Å²) < 4.78 is 13.1. The molecule has 0 unspecified atom stereocenters. The van der Waals surface area contributed by atoms with Crippen molar-refractivity contribution in [2.24, 2.45) is 4.99 Å². The number of hydrazine groups is 1. The van der Waals surface area contributed by atoms with Crippen molar-refractivity contribution in [1.29, 1.82) is 0 Å². The van der Waals surface area contributed by atoms with Crippen molar-refractivity contribution < 1.29 is 4.39 Å². The third-order valence-corrected chi connectivity index (χ3v) is 5.21. The van der Waals surface area contributed by atoms with Gasteiger partial charge in [0, 0.05) is 43.3 Å². The van der Waals surface area contributed by atoms with Crippen molar-refractivity contribution in [2.45, 2.75) is 0 Å². The molecule has 3 N–H and O–H groups in total. The monoisotopic (exact) mass is 364 g/mol. The molecule has 0 aliphatic carbocycles. The molecule has 3 heterocycles. The number of hydrogen-bond acceptors (Lipinski definition) is 6. The molecule has 0 radical (unpaired) electrons. The second-order valence-corrected chi connectivity index (χ2v) is 6.95. The maximum atomic E-state index is 13.1. The Balaban J connectivity index is 1.27. The molecule has 27 heavy (non-hydrogen) atoms. The van der Waals surface area contributed by atoms with Crippen molar-refractivity contribution in [2.75, 3.05) is 37.6 Å². The summed E-state index contributed by atoms with van der Waals surface area (Å²) in [4.78, 5) is 9.51. The molecule has 0 atom stereocenters. The molecule has 3 aliphatic rings. The van der Waals surface area contributed by atoms with Crippen LogP contribution in [0.4, 0.5) is 15.8 Å². The number of aliphatic imine (C=N–C) groups is 1. The van der Waals surface area contributed by atoms with E-state index in [0.29, 0.717) is 0 Å². The fraction of sp³-hybridized carbons (Fsp3) is 0.250. The van der Waals surface area contributed by atoms with E-state index in [2.05, 4.69) is 32.0 Å². The summed E-state index contributed by atoms with van der Waals surface area (Å²) in [5.74, 6) is 1.71. The largest absolute Gasteiger partial charge is 0.369 e. The van der Waals surface area contributed by atoms with Crippen LogP contribution in [0.15, 0.2) is 47.5 Å². The summed E-state index contributed by atoms with van der Waals surface area (Å²) in [7, 11) is 0. The van der Waals surface area contributed by atoms with Crippen molar-refractivity contribution in [1.82, 2.24) is 21.1 Å². The van der Waals surface area contributed by atoms with E-state index in [-0.39, 0.29) is 5.82 Å². The Labute approximate surface area is 156 Å². The Morgan fingerprint density at radius 1 is 1.00 bits per heavy atom. The topological polar surface area (TPSA) is 54.9 Å². The molecule has 2 aromatic carbocycles. The summed E-state index contributed by atoms with van der Waals surface area (Å²) in [6.07, 6.45) is 1.94. The Kier molecular flexibility index (Phi) is 3.94. The van der Waals surface area contributed by atoms with Crippen molar-refractivity contribution in [3.05, 3.63) is 58.7 Å². The zero-order valence-corrected chi connectivity index (χ0v) is 14.9. The van der Waals surface area contributed by atoms with Crippen LogP contribution in [0.25, 0.3) is 12.0 Å². The fourth-order valence-corrected chi connectivity index (χ4v) is 3.81. The lowest BCUT2D eigenvalue weighted by atomic mass is 10.1. The van der Waals surface area contributed by atoms with E-state index in [1.54, 1.807) is 0 Å². The lowest BCUT2D eigenvalue weighted by Crippen LogP contribution is -2.54. The van der Waals surface area contributed by atoms with Gasteiger partial charge in [0.15, 0.2) is 0 Å². The van der Waals surface area contributed by atoms with Gasteiger partial charge in [-0.15, -0.1) is 0 Å². The van der Waals surface area contributed by atoms with E-state index < -0.39 is 0 Å². The number of piperazine rings is 1. The van der Waals surface area contributed by atoms with Crippen LogP contribution in [0.5, 0.6) is 0 Å². The normalized spacial score (nSPS) is 18.5. The molecule has 1 fully saturated rings. The highest BCUT2D eigenvalue weighted by Crippen LogP contribution is 2.17. The maximum absolute atomic E-state index is 13.1. The third kappa shape index (κ3) is 3.10. The minimum absolute atomic E-state index is 0.192. The Bertz CT molecular complexity index is 1010. The molecule has 2 aromatic rings. The highest BCUT2D eigenvalue weighted by atomic mass is 19.1. The SMILES string of the molecule is Fc1ccc(N2CCN(CC3=Nc4cccc5c4=C(NNC=5)N3)CC2)cc1. The van der Waals surface area contributed by atoms with Gasteiger partial charge in [0.2, 0.25) is 0 Å². The van der Waals surface area contributed by atoms with Crippen molar-refractivity contribution in [3.8, 4) is 0 Å². The molecule has 7 heteroatoms. The number of anilines is 1. The van der Waals surface area contributed by atoms with Gasteiger partial charge in [0.1, 0.15) is 17.5 Å². The summed E-state index contributed by atoms with van der Waals surface area (Å²) in [6, 6.07) is 12.9. The van der Waals surface area contributed by atoms with E-state index in [1.807, 2.05) is 30.5 Å². The Morgan fingerprint density at radius 3 is 2.63 bits per heavy atom. The smallest absolute Gasteiger partial charge is 0.133 e. The van der Waals surface area contributed by atoms with Crippen molar-refractivity contribution in [3.63, 3.8) is 0 Å². The Hall–Kier alpha value is -3.06. The van der Waals surface area contributed by atoms with E-state index in [1.165, 1.54) is 12.1 Å². The van der Waals surface area contributed by atoms with Crippen molar-refractivity contribution >= 4 is 29.2 Å². The minimum Gasteiger partial charge on any atom is -0.369 e. The molecule has 0 aromatic heterocycles. The van der Waals surface area contributed by atoms with Crippen LogP contribution >= 0.6 is 0 Å². The number of hydrogen-bond donors (Lipinski definition) is 3. The number of nitrogens with one attached hydrogen (secondary N) is 3. The van der Waals surface area contributed by atoms with Gasteiger partial charge in [-0.3, -0.25) is 10.3 Å². The number of amidine groups is 1. The second kappa shape index (κ2) is 6.59. The van der Waals surface area contributed by atoms with Crippen LogP contribution < -0.4 is 31.5 Å². The van der Waals surface area contributed by atoms with Crippen LogP contribution in [0.1, 0.15) is 0 Å². The lowest BCUT2D eigenvalue weighted by molar-refractivity contribution is 0.290. The van der Waals surface area contributed by atoms with Crippen LogP contribution in [-0.2, 0) is 0 Å². The van der Waals surface area contributed by atoms with Crippen LogP contribution in [0.3, 0.4) is 0 Å². The first-order valence-corrected chi connectivity index (χ1v) is 9.19. The van der Waals surface area contributed by atoms with Gasteiger partial charge in [-0.2, -0.15) is 0 Å². The highest BCUT2D eigenvalue weighted by Gasteiger charge is 2.21. The summed E-state index contributed by atoms with van der Waals surface area (Å²) in [5.41, 5.74) is 8.33. The van der Waals surface area contributed by atoms with Gasteiger partial charge < -0.3 is 15.6 Å². The zero-order chi connectivity index (χ0) is 18.2. The first-order valence-electron chi connectivity index (χ1n) is 9.19. The number of rotatable bonds is 3. The predicted molar refractivity (Wildman–Crippen MR) is 105 cm³/mol. The molecule has 6 nitrogen and oxygen atoms in total. The van der Waals surface area contributed by atoms with Gasteiger partial charge in [-0.05, 0) is 30.3 Å². The fourth-order valence-electron chi connectivity index (χ4n) is 3.81. The second-order valence-electron chi connectivity index (χ2n) is 6.95. The number of nitrogens with zero attached hydrogens (tertiary/aromatic N) is 3. The number of halogens is 1. The first-order chi connectivity index (χ1) is 13.3. The van der Waals surface area contributed by atoms with Gasteiger partial charge in [0.05, 0.1) is 17.5 Å². The molecule has 5 rings (SSSR count).